The molecule has 0 bridgehead atoms. The summed E-state index contributed by atoms with van der Waals surface area (Å²) in [4.78, 5) is 15.3. The Labute approximate surface area is 133 Å². The zero-order valence-electron chi connectivity index (χ0n) is 12.2. The smallest absolute Gasteiger partial charge is 0.247 e. The maximum atomic E-state index is 11.0. The molecule has 23 heavy (non-hydrogen) atoms. The van der Waals surface area contributed by atoms with Crippen molar-refractivity contribution < 1.29 is 14.3 Å². The minimum atomic E-state index is -0.721. The maximum absolute atomic E-state index is 11.0. The van der Waals surface area contributed by atoms with Gasteiger partial charge in [-0.15, -0.1) is 0 Å². The van der Waals surface area contributed by atoms with Crippen molar-refractivity contribution in [1.29, 1.82) is 5.26 Å². The molecule has 3 rings (SSSR count). The van der Waals surface area contributed by atoms with E-state index in [1.165, 1.54) is 0 Å². The predicted octanol–water partition coefficient (Wildman–Crippen LogP) is 1.46. The molecule has 1 aliphatic heterocycles. The van der Waals surface area contributed by atoms with Crippen LogP contribution in [0.25, 0.3) is 11.1 Å². The molecule has 2 aromatic rings. The number of carbonyl (C=O) groups is 1. The van der Waals surface area contributed by atoms with Crippen LogP contribution in [0.3, 0.4) is 0 Å². The molecule has 0 saturated carbocycles. The van der Waals surface area contributed by atoms with Gasteiger partial charge < -0.3 is 15.2 Å². The Morgan fingerprint density at radius 2 is 2.17 bits per heavy atom. The number of primary amides is 1. The van der Waals surface area contributed by atoms with E-state index in [4.69, 9.17) is 20.5 Å². The zero-order valence-corrected chi connectivity index (χ0v) is 12.2. The van der Waals surface area contributed by atoms with Gasteiger partial charge in [0.2, 0.25) is 11.8 Å². The van der Waals surface area contributed by atoms with Crippen LogP contribution in [0, 0.1) is 17.8 Å². The average molecular weight is 308 g/mol. The molecule has 0 spiro atoms. The van der Waals surface area contributed by atoms with Gasteiger partial charge >= 0.3 is 0 Å². The van der Waals surface area contributed by atoms with Gasteiger partial charge in [0, 0.05) is 29.8 Å². The van der Waals surface area contributed by atoms with Crippen molar-refractivity contribution >= 4 is 5.91 Å². The largest absolute Gasteiger partial charge is 0.471 e. The molecule has 1 aromatic carbocycles. The van der Waals surface area contributed by atoms with E-state index in [1.54, 1.807) is 24.8 Å². The SMILES string of the molecule is N#Cc1ccccc1-c1ccc(O[C@H]2[CH]C(C(N)=O)OC2)nc1. The average Bonchev–Trinajstić information content (AvgIpc) is 3.04. The number of hydrogen-bond donors (Lipinski definition) is 1. The summed E-state index contributed by atoms with van der Waals surface area (Å²) in [5.74, 6) is -0.120. The van der Waals surface area contributed by atoms with E-state index >= 15 is 0 Å². The molecule has 1 fully saturated rings. The van der Waals surface area contributed by atoms with Gasteiger partial charge in [-0.1, -0.05) is 18.2 Å². The zero-order chi connectivity index (χ0) is 16.2. The first-order valence-corrected chi connectivity index (χ1v) is 7.05. The predicted molar refractivity (Wildman–Crippen MR) is 82.0 cm³/mol. The number of hydrogen-bond acceptors (Lipinski definition) is 5. The Balaban J connectivity index is 1.71. The van der Waals surface area contributed by atoms with E-state index in [0.29, 0.717) is 11.4 Å². The fourth-order valence-electron chi connectivity index (χ4n) is 2.35. The third kappa shape index (κ3) is 3.30. The molecule has 2 atom stereocenters. The van der Waals surface area contributed by atoms with E-state index in [-0.39, 0.29) is 12.7 Å². The Morgan fingerprint density at radius 3 is 2.83 bits per heavy atom. The second kappa shape index (κ2) is 6.46. The third-order valence-corrected chi connectivity index (χ3v) is 3.48. The number of nitriles is 1. The van der Waals surface area contributed by atoms with Gasteiger partial charge in [-0.2, -0.15) is 5.26 Å². The Morgan fingerprint density at radius 1 is 1.35 bits per heavy atom. The van der Waals surface area contributed by atoms with Crippen molar-refractivity contribution in [2.75, 3.05) is 6.61 Å². The lowest BCUT2D eigenvalue weighted by atomic mass is 10.0. The van der Waals surface area contributed by atoms with Crippen LogP contribution in [0.15, 0.2) is 42.6 Å². The molecule has 6 heteroatoms. The standard InChI is InChI=1S/C17H14N3O3/c18-8-11-3-1-2-4-14(11)12-5-6-16(20-9-12)23-13-7-15(17(19)21)22-10-13/h1-7,9,13,15H,10H2,(H2,19,21)/t13-,15?/m0/s1. The fourth-order valence-corrected chi connectivity index (χ4v) is 2.35. The number of carbonyl (C=O) groups excluding carboxylic acids is 1. The highest BCUT2D eigenvalue weighted by Gasteiger charge is 2.31. The van der Waals surface area contributed by atoms with Crippen molar-refractivity contribution in [3.8, 4) is 23.1 Å². The molecule has 115 valence electrons. The lowest BCUT2D eigenvalue weighted by Crippen LogP contribution is -2.28. The molecule has 2 N–H and O–H groups in total. The van der Waals surface area contributed by atoms with E-state index in [9.17, 15) is 4.79 Å². The summed E-state index contributed by atoms with van der Waals surface area (Å²) in [6.45, 7) is 0.258. The molecular formula is C17H14N3O3. The van der Waals surface area contributed by atoms with Gasteiger partial charge in [0.25, 0.3) is 0 Å². The second-order valence-electron chi connectivity index (χ2n) is 5.05. The third-order valence-electron chi connectivity index (χ3n) is 3.48. The number of rotatable bonds is 4. The fraction of sp³-hybridized carbons (Fsp3) is 0.176. The van der Waals surface area contributed by atoms with Crippen LogP contribution in [0.2, 0.25) is 0 Å². The molecule has 2 heterocycles. The van der Waals surface area contributed by atoms with Crippen LogP contribution >= 0.6 is 0 Å². The van der Waals surface area contributed by atoms with E-state index < -0.39 is 12.0 Å². The Hall–Kier alpha value is -2.91. The van der Waals surface area contributed by atoms with E-state index in [2.05, 4.69) is 11.1 Å². The molecule has 1 amide bonds. The lowest BCUT2D eigenvalue weighted by molar-refractivity contribution is -0.125. The molecule has 0 aliphatic carbocycles. The molecule has 1 aliphatic rings. The number of pyridine rings is 1. The van der Waals surface area contributed by atoms with Gasteiger partial charge in [0.1, 0.15) is 12.2 Å². The first-order valence-electron chi connectivity index (χ1n) is 7.05. The van der Waals surface area contributed by atoms with Crippen LogP contribution < -0.4 is 10.5 Å². The number of aromatic nitrogens is 1. The van der Waals surface area contributed by atoms with Crippen LogP contribution in [-0.2, 0) is 9.53 Å². The first kappa shape index (κ1) is 15.0. The Bertz CT molecular complexity index is 752. The monoisotopic (exact) mass is 308 g/mol. The quantitative estimate of drug-likeness (QED) is 0.922. The van der Waals surface area contributed by atoms with Crippen LogP contribution in [0.1, 0.15) is 5.56 Å². The first-order chi connectivity index (χ1) is 11.2. The second-order valence-corrected chi connectivity index (χ2v) is 5.05. The molecule has 1 radical (unpaired) electrons. The van der Waals surface area contributed by atoms with Crippen molar-refractivity contribution in [3.63, 3.8) is 0 Å². The minimum absolute atomic E-state index is 0.258. The summed E-state index contributed by atoms with van der Waals surface area (Å²) in [5, 5.41) is 9.14. The highest BCUT2D eigenvalue weighted by Crippen LogP contribution is 2.25. The normalized spacial score (nSPS) is 20.0. The number of nitrogens with two attached hydrogens (primary N) is 1. The lowest BCUT2D eigenvalue weighted by Gasteiger charge is -2.11. The highest BCUT2D eigenvalue weighted by atomic mass is 16.6. The van der Waals surface area contributed by atoms with Crippen molar-refractivity contribution in [2.45, 2.75) is 12.2 Å². The number of ether oxygens (including phenoxy) is 2. The van der Waals surface area contributed by atoms with E-state index in [1.807, 2.05) is 24.3 Å². The molecule has 6 nitrogen and oxygen atoms in total. The highest BCUT2D eigenvalue weighted by molar-refractivity contribution is 5.80. The molecule has 1 aromatic heterocycles. The number of benzene rings is 1. The van der Waals surface area contributed by atoms with Crippen molar-refractivity contribution in [3.05, 3.63) is 54.6 Å². The van der Waals surface area contributed by atoms with Gasteiger partial charge in [-0.25, -0.2) is 4.98 Å². The van der Waals surface area contributed by atoms with Crippen LogP contribution in [0.5, 0.6) is 5.88 Å². The summed E-state index contributed by atoms with van der Waals surface area (Å²) in [5.41, 5.74) is 7.41. The summed E-state index contributed by atoms with van der Waals surface area (Å²) < 4.78 is 10.8. The van der Waals surface area contributed by atoms with Crippen molar-refractivity contribution in [1.82, 2.24) is 4.98 Å². The van der Waals surface area contributed by atoms with Crippen molar-refractivity contribution in [2.24, 2.45) is 5.73 Å². The van der Waals surface area contributed by atoms with Crippen LogP contribution in [0.4, 0.5) is 0 Å². The topological polar surface area (TPSA) is 98.2 Å². The van der Waals surface area contributed by atoms with E-state index in [0.717, 1.165) is 11.1 Å². The summed E-state index contributed by atoms with van der Waals surface area (Å²) in [6.07, 6.45) is 2.18. The molecule has 1 saturated heterocycles. The summed E-state index contributed by atoms with van der Waals surface area (Å²) in [7, 11) is 0. The van der Waals surface area contributed by atoms with Gasteiger partial charge in [0.15, 0.2) is 0 Å². The van der Waals surface area contributed by atoms with Gasteiger partial charge in [-0.3, -0.25) is 4.79 Å². The minimum Gasteiger partial charge on any atom is -0.471 e. The maximum Gasteiger partial charge on any atom is 0.247 e. The summed E-state index contributed by atoms with van der Waals surface area (Å²) in [6, 6.07) is 13.0. The van der Waals surface area contributed by atoms with Gasteiger partial charge in [-0.05, 0) is 12.1 Å². The number of nitrogens with zero attached hydrogens (tertiary/aromatic N) is 2. The number of amides is 1. The molecular weight excluding hydrogens is 294 g/mol. The Kier molecular flexibility index (Phi) is 4.22. The van der Waals surface area contributed by atoms with Gasteiger partial charge in [0.05, 0.1) is 18.2 Å². The molecule has 1 unspecified atom stereocenters. The summed E-state index contributed by atoms with van der Waals surface area (Å²) >= 11 is 0. The van der Waals surface area contributed by atoms with Crippen LogP contribution in [-0.4, -0.2) is 29.7 Å².